The van der Waals surface area contributed by atoms with Crippen LogP contribution >= 0.6 is 11.6 Å². The molecule has 0 radical (unpaired) electrons. The maximum Gasteiger partial charge on any atom is 0.128 e. The zero-order chi connectivity index (χ0) is 13.2. The maximum absolute atomic E-state index is 13.6. The smallest absolute Gasteiger partial charge is 0.128 e. The van der Waals surface area contributed by atoms with Gasteiger partial charge < -0.3 is 10.6 Å². The monoisotopic (exact) mass is 258 g/mol. The van der Waals surface area contributed by atoms with Crippen LogP contribution in [0.4, 0.5) is 10.1 Å². The Morgan fingerprint density at radius 1 is 1.41 bits per heavy atom. The molecule has 0 aliphatic heterocycles. The Morgan fingerprint density at radius 3 is 2.47 bits per heavy atom. The van der Waals surface area contributed by atoms with Crippen molar-refractivity contribution in [1.82, 2.24) is 0 Å². The lowest BCUT2D eigenvalue weighted by atomic mass is 10.0. The quantitative estimate of drug-likeness (QED) is 0.899. The predicted molar refractivity (Wildman–Crippen MR) is 72.2 cm³/mol. The molecule has 0 saturated heterocycles. The molecule has 0 saturated carbocycles. The van der Waals surface area contributed by atoms with Crippen molar-refractivity contribution in [3.05, 3.63) is 28.5 Å². The van der Waals surface area contributed by atoms with Gasteiger partial charge in [-0.25, -0.2) is 4.39 Å². The van der Waals surface area contributed by atoms with Crippen LogP contribution in [-0.4, -0.2) is 19.6 Å². The lowest BCUT2D eigenvalue weighted by Gasteiger charge is -2.32. The number of benzene rings is 1. The van der Waals surface area contributed by atoms with Crippen molar-refractivity contribution in [2.45, 2.75) is 26.8 Å². The summed E-state index contributed by atoms with van der Waals surface area (Å²) in [5, 5.41) is 0.561. The Bertz CT molecular complexity index is 393. The van der Waals surface area contributed by atoms with Gasteiger partial charge in [-0.1, -0.05) is 25.4 Å². The second kappa shape index (κ2) is 5.69. The molecule has 1 aromatic rings. The van der Waals surface area contributed by atoms with Crippen molar-refractivity contribution in [3.8, 4) is 0 Å². The lowest BCUT2D eigenvalue weighted by molar-refractivity contribution is 0.479. The van der Waals surface area contributed by atoms with Gasteiger partial charge in [-0.05, 0) is 30.5 Å². The fourth-order valence-electron chi connectivity index (χ4n) is 1.96. The molecule has 4 heteroatoms. The average molecular weight is 259 g/mol. The first-order chi connectivity index (χ1) is 7.88. The van der Waals surface area contributed by atoms with E-state index in [0.717, 1.165) is 0 Å². The number of halogens is 2. The van der Waals surface area contributed by atoms with E-state index in [9.17, 15) is 4.39 Å². The summed E-state index contributed by atoms with van der Waals surface area (Å²) >= 11 is 6.15. The summed E-state index contributed by atoms with van der Waals surface area (Å²) in [5.41, 5.74) is 7.00. The van der Waals surface area contributed by atoms with Crippen LogP contribution in [0.15, 0.2) is 12.1 Å². The number of hydrogen-bond donors (Lipinski definition) is 1. The zero-order valence-corrected chi connectivity index (χ0v) is 11.6. The summed E-state index contributed by atoms with van der Waals surface area (Å²) in [5.74, 6) is 0.140. The van der Waals surface area contributed by atoms with Crippen LogP contribution in [0.3, 0.4) is 0 Å². The summed E-state index contributed by atoms with van der Waals surface area (Å²) in [6.07, 6.45) is 0. The fourth-order valence-corrected chi connectivity index (χ4v) is 2.31. The molecule has 1 aromatic carbocycles. The summed E-state index contributed by atoms with van der Waals surface area (Å²) in [4.78, 5) is 1.95. The molecule has 0 bridgehead atoms. The molecule has 2 nitrogen and oxygen atoms in total. The van der Waals surface area contributed by atoms with Crippen LogP contribution in [0.1, 0.15) is 19.4 Å². The number of nitrogens with two attached hydrogens (primary N) is 1. The zero-order valence-electron chi connectivity index (χ0n) is 10.8. The van der Waals surface area contributed by atoms with Gasteiger partial charge in [0, 0.05) is 19.6 Å². The molecular formula is C13H20ClFN2. The van der Waals surface area contributed by atoms with Crippen LogP contribution < -0.4 is 10.6 Å². The second-order valence-electron chi connectivity index (χ2n) is 4.71. The minimum atomic E-state index is -0.240. The van der Waals surface area contributed by atoms with Gasteiger partial charge in [-0.2, -0.15) is 0 Å². The third-order valence-corrected chi connectivity index (χ3v) is 3.42. The maximum atomic E-state index is 13.6. The SMILES string of the molecule is Cc1cc(Cl)c(N(C)C(CN)C(C)C)cc1F. The van der Waals surface area contributed by atoms with Crippen LogP contribution in [0.5, 0.6) is 0 Å². The summed E-state index contributed by atoms with van der Waals surface area (Å²) in [6, 6.07) is 3.27. The first-order valence-electron chi connectivity index (χ1n) is 5.77. The van der Waals surface area contributed by atoms with Crippen molar-refractivity contribution in [2.75, 3.05) is 18.5 Å². The minimum Gasteiger partial charge on any atom is -0.369 e. The molecule has 0 fully saturated rings. The fraction of sp³-hybridized carbons (Fsp3) is 0.538. The minimum absolute atomic E-state index is 0.148. The number of anilines is 1. The van der Waals surface area contributed by atoms with Gasteiger partial charge in [0.2, 0.25) is 0 Å². The highest BCUT2D eigenvalue weighted by atomic mass is 35.5. The first kappa shape index (κ1) is 14.3. The van der Waals surface area contributed by atoms with Crippen molar-refractivity contribution in [3.63, 3.8) is 0 Å². The molecule has 2 N–H and O–H groups in total. The Hall–Kier alpha value is -0.800. The molecule has 0 amide bonds. The molecule has 0 aliphatic rings. The number of aryl methyl sites for hydroxylation is 1. The molecule has 1 rings (SSSR count). The van der Waals surface area contributed by atoms with Gasteiger partial charge >= 0.3 is 0 Å². The molecule has 1 unspecified atom stereocenters. The van der Waals surface area contributed by atoms with Crippen LogP contribution in [-0.2, 0) is 0 Å². The van der Waals surface area contributed by atoms with E-state index in [1.54, 1.807) is 13.0 Å². The molecular weight excluding hydrogens is 239 g/mol. The summed E-state index contributed by atoms with van der Waals surface area (Å²) in [6.45, 7) is 6.40. The normalized spacial score (nSPS) is 12.9. The van der Waals surface area contributed by atoms with E-state index >= 15 is 0 Å². The topological polar surface area (TPSA) is 29.3 Å². The molecule has 17 heavy (non-hydrogen) atoms. The van der Waals surface area contributed by atoms with E-state index < -0.39 is 0 Å². The van der Waals surface area contributed by atoms with Gasteiger partial charge in [-0.15, -0.1) is 0 Å². The third kappa shape index (κ3) is 3.11. The molecule has 0 spiro atoms. The molecule has 0 heterocycles. The standard InChI is InChI=1S/C13H20ClFN2/c1-8(2)13(7-16)17(4)12-6-11(15)9(3)5-10(12)14/h5-6,8,13H,7,16H2,1-4H3. The summed E-state index contributed by atoms with van der Waals surface area (Å²) in [7, 11) is 1.90. The largest absolute Gasteiger partial charge is 0.369 e. The van der Waals surface area contributed by atoms with Gasteiger partial charge in [0.1, 0.15) is 5.82 Å². The van der Waals surface area contributed by atoms with Crippen molar-refractivity contribution >= 4 is 17.3 Å². The van der Waals surface area contributed by atoms with E-state index in [4.69, 9.17) is 17.3 Å². The Labute approximate surface area is 108 Å². The van der Waals surface area contributed by atoms with E-state index in [1.165, 1.54) is 6.07 Å². The number of rotatable bonds is 4. The molecule has 0 aliphatic carbocycles. The Balaban J connectivity index is 3.11. The van der Waals surface area contributed by atoms with Gasteiger partial charge in [0.05, 0.1) is 10.7 Å². The Morgan fingerprint density at radius 2 is 2.00 bits per heavy atom. The second-order valence-corrected chi connectivity index (χ2v) is 5.12. The highest BCUT2D eigenvalue weighted by Crippen LogP contribution is 2.30. The lowest BCUT2D eigenvalue weighted by Crippen LogP contribution is -2.42. The highest BCUT2D eigenvalue weighted by molar-refractivity contribution is 6.33. The average Bonchev–Trinajstić information content (AvgIpc) is 2.23. The summed E-state index contributed by atoms with van der Waals surface area (Å²) < 4.78 is 13.6. The van der Waals surface area contributed by atoms with Crippen LogP contribution in [0.25, 0.3) is 0 Å². The third-order valence-electron chi connectivity index (χ3n) is 3.12. The van der Waals surface area contributed by atoms with E-state index in [0.29, 0.717) is 28.7 Å². The Kier molecular flexibility index (Phi) is 4.78. The van der Waals surface area contributed by atoms with Gasteiger partial charge in [0.25, 0.3) is 0 Å². The highest BCUT2D eigenvalue weighted by Gasteiger charge is 2.20. The van der Waals surface area contributed by atoms with Crippen molar-refractivity contribution in [1.29, 1.82) is 0 Å². The first-order valence-corrected chi connectivity index (χ1v) is 6.14. The molecule has 0 aromatic heterocycles. The molecule has 96 valence electrons. The van der Waals surface area contributed by atoms with E-state index in [1.807, 2.05) is 11.9 Å². The van der Waals surface area contributed by atoms with E-state index in [-0.39, 0.29) is 11.9 Å². The van der Waals surface area contributed by atoms with Gasteiger partial charge in [0.15, 0.2) is 0 Å². The number of nitrogens with zero attached hydrogens (tertiary/aromatic N) is 1. The van der Waals surface area contributed by atoms with E-state index in [2.05, 4.69) is 13.8 Å². The van der Waals surface area contributed by atoms with Crippen molar-refractivity contribution in [2.24, 2.45) is 11.7 Å². The van der Waals surface area contributed by atoms with Gasteiger partial charge in [-0.3, -0.25) is 0 Å². The predicted octanol–water partition coefficient (Wildman–Crippen LogP) is 3.21. The van der Waals surface area contributed by atoms with Crippen LogP contribution in [0.2, 0.25) is 5.02 Å². The van der Waals surface area contributed by atoms with Crippen molar-refractivity contribution < 1.29 is 4.39 Å². The van der Waals surface area contributed by atoms with Crippen LogP contribution in [0, 0.1) is 18.7 Å². The molecule has 1 atom stereocenters. The number of likely N-dealkylation sites (N-methyl/N-ethyl adjacent to an activating group) is 1. The number of hydrogen-bond acceptors (Lipinski definition) is 2.